The Labute approximate surface area is 175 Å². The molecule has 0 saturated heterocycles. The number of halogens is 1. The topological polar surface area (TPSA) is 45.7 Å². The van der Waals surface area contributed by atoms with Crippen LogP contribution in [0.3, 0.4) is 0 Å². The molecule has 0 bridgehead atoms. The molecule has 28 heavy (non-hydrogen) atoms. The van der Waals surface area contributed by atoms with Gasteiger partial charge in [0.15, 0.2) is 5.11 Å². The van der Waals surface area contributed by atoms with Crippen LogP contribution in [0.1, 0.15) is 16.7 Å². The number of hydrogen-bond acceptors (Lipinski definition) is 3. The maximum atomic E-state index is 5.90. The summed E-state index contributed by atoms with van der Waals surface area (Å²) in [7, 11) is 0. The first-order chi connectivity index (χ1) is 13.7. The Kier molecular flexibility index (Phi) is 7.41. The third-order valence-corrected chi connectivity index (χ3v) is 4.34. The SMILES string of the molecule is S=C(NCc1ccccc1)N/N=C/c1cccc(OCc2ccc(Cl)cc2)c1. The fraction of sp³-hybridized carbons (Fsp3) is 0.0909. The number of thiocarbonyl (C=S) groups is 1. The zero-order chi connectivity index (χ0) is 19.6. The van der Waals surface area contributed by atoms with E-state index in [1.165, 1.54) is 0 Å². The molecular weight excluding hydrogens is 390 g/mol. The molecule has 0 fully saturated rings. The van der Waals surface area contributed by atoms with Gasteiger partial charge in [0.2, 0.25) is 0 Å². The second kappa shape index (κ2) is 10.4. The Morgan fingerprint density at radius 3 is 2.54 bits per heavy atom. The summed E-state index contributed by atoms with van der Waals surface area (Å²) in [6.45, 7) is 1.12. The molecule has 0 saturated carbocycles. The number of hydrogen-bond donors (Lipinski definition) is 2. The summed E-state index contributed by atoms with van der Waals surface area (Å²) in [5.41, 5.74) is 5.94. The van der Waals surface area contributed by atoms with Crippen molar-refractivity contribution in [1.82, 2.24) is 10.7 Å². The van der Waals surface area contributed by atoms with Gasteiger partial charge in [-0.3, -0.25) is 5.43 Å². The zero-order valence-corrected chi connectivity index (χ0v) is 16.7. The highest BCUT2D eigenvalue weighted by molar-refractivity contribution is 7.80. The normalized spacial score (nSPS) is 10.6. The molecule has 0 spiro atoms. The van der Waals surface area contributed by atoms with Crippen LogP contribution in [-0.2, 0) is 13.2 Å². The Balaban J connectivity index is 1.46. The molecule has 0 aliphatic heterocycles. The quantitative estimate of drug-likeness (QED) is 0.330. The van der Waals surface area contributed by atoms with E-state index in [1.54, 1.807) is 6.21 Å². The van der Waals surface area contributed by atoms with E-state index in [-0.39, 0.29) is 0 Å². The Morgan fingerprint density at radius 2 is 1.75 bits per heavy atom. The summed E-state index contributed by atoms with van der Waals surface area (Å²) < 4.78 is 5.82. The first-order valence-electron chi connectivity index (χ1n) is 8.77. The second-order valence-electron chi connectivity index (χ2n) is 6.03. The van der Waals surface area contributed by atoms with Gasteiger partial charge in [-0.25, -0.2) is 0 Å². The van der Waals surface area contributed by atoms with Crippen LogP contribution in [0.4, 0.5) is 0 Å². The molecule has 6 heteroatoms. The van der Waals surface area contributed by atoms with Crippen molar-refractivity contribution in [2.75, 3.05) is 0 Å². The summed E-state index contributed by atoms with van der Waals surface area (Å²) in [5.74, 6) is 0.767. The van der Waals surface area contributed by atoms with Crippen LogP contribution in [0.25, 0.3) is 0 Å². The first-order valence-corrected chi connectivity index (χ1v) is 9.56. The summed E-state index contributed by atoms with van der Waals surface area (Å²) >= 11 is 11.1. The number of nitrogens with zero attached hydrogens (tertiary/aromatic N) is 1. The van der Waals surface area contributed by atoms with Crippen LogP contribution >= 0.6 is 23.8 Å². The van der Waals surface area contributed by atoms with Crippen molar-refractivity contribution in [3.05, 3.63) is 101 Å². The van der Waals surface area contributed by atoms with Crippen molar-refractivity contribution in [3.63, 3.8) is 0 Å². The van der Waals surface area contributed by atoms with Gasteiger partial charge in [-0.2, -0.15) is 5.10 Å². The van der Waals surface area contributed by atoms with Crippen LogP contribution in [0.2, 0.25) is 5.02 Å². The Morgan fingerprint density at radius 1 is 0.964 bits per heavy atom. The minimum atomic E-state index is 0.468. The van der Waals surface area contributed by atoms with Crippen LogP contribution in [0.15, 0.2) is 84.0 Å². The molecule has 0 aromatic heterocycles. The van der Waals surface area contributed by atoms with Gasteiger partial charge in [-0.05, 0) is 53.2 Å². The Bertz CT molecular complexity index is 930. The number of ether oxygens (including phenoxy) is 1. The van der Waals surface area contributed by atoms with Crippen molar-refractivity contribution in [3.8, 4) is 5.75 Å². The van der Waals surface area contributed by atoms with Crippen molar-refractivity contribution in [2.45, 2.75) is 13.2 Å². The summed E-state index contributed by atoms with van der Waals surface area (Å²) in [6, 6.07) is 25.3. The number of rotatable bonds is 7. The van der Waals surface area contributed by atoms with Gasteiger partial charge in [0.05, 0.1) is 6.21 Å². The third-order valence-electron chi connectivity index (χ3n) is 3.85. The van der Waals surface area contributed by atoms with Gasteiger partial charge in [0, 0.05) is 11.6 Å². The average molecular weight is 410 g/mol. The van der Waals surface area contributed by atoms with Crippen molar-refractivity contribution >= 4 is 35.1 Å². The lowest BCUT2D eigenvalue weighted by molar-refractivity contribution is 0.306. The van der Waals surface area contributed by atoms with Crippen molar-refractivity contribution in [1.29, 1.82) is 0 Å². The fourth-order valence-electron chi connectivity index (χ4n) is 2.42. The monoisotopic (exact) mass is 409 g/mol. The highest BCUT2D eigenvalue weighted by Crippen LogP contribution is 2.15. The first kappa shape index (κ1) is 19.9. The number of hydrazone groups is 1. The van der Waals surface area contributed by atoms with E-state index in [0.29, 0.717) is 23.3 Å². The lowest BCUT2D eigenvalue weighted by Gasteiger charge is -2.08. The van der Waals surface area contributed by atoms with E-state index < -0.39 is 0 Å². The molecule has 0 radical (unpaired) electrons. The fourth-order valence-corrected chi connectivity index (χ4v) is 2.67. The van der Waals surface area contributed by atoms with Crippen LogP contribution < -0.4 is 15.5 Å². The highest BCUT2D eigenvalue weighted by atomic mass is 35.5. The predicted octanol–water partition coefficient (Wildman–Crippen LogP) is 4.92. The molecule has 0 atom stereocenters. The van der Waals surface area contributed by atoms with Crippen molar-refractivity contribution in [2.24, 2.45) is 5.10 Å². The lowest BCUT2D eigenvalue weighted by Crippen LogP contribution is -2.31. The van der Waals surface area contributed by atoms with Crippen LogP contribution in [0, 0.1) is 0 Å². The van der Waals surface area contributed by atoms with Crippen molar-refractivity contribution < 1.29 is 4.74 Å². The molecule has 142 valence electrons. The van der Waals surface area contributed by atoms with E-state index in [9.17, 15) is 0 Å². The highest BCUT2D eigenvalue weighted by Gasteiger charge is 1.98. The molecule has 0 aliphatic carbocycles. The molecule has 2 N–H and O–H groups in total. The number of benzene rings is 3. The van der Waals surface area contributed by atoms with Gasteiger partial charge < -0.3 is 10.1 Å². The van der Waals surface area contributed by atoms with E-state index in [2.05, 4.69) is 15.8 Å². The van der Waals surface area contributed by atoms with Gasteiger partial charge in [-0.1, -0.05) is 66.2 Å². The molecule has 0 aliphatic rings. The van der Waals surface area contributed by atoms with E-state index in [1.807, 2.05) is 78.9 Å². The second-order valence-corrected chi connectivity index (χ2v) is 6.87. The van der Waals surface area contributed by atoms with E-state index in [4.69, 9.17) is 28.6 Å². The standard InChI is InChI=1S/C22H20ClN3OS/c23-20-11-9-18(10-12-20)16-27-21-8-4-7-19(13-21)15-25-26-22(28)24-14-17-5-2-1-3-6-17/h1-13,15H,14,16H2,(H2,24,26,28)/b25-15+. The van der Waals surface area contributed by atoms with Gasteiger partial charge in [0.25, 0.3) is 0 Å². The van der Waals surface area contributed by atoms with Crippen LogP contribution in [-0.4, -0.2) is 11.3 Å². The molecule has 0 heterocycles. The molecular formula is C22H20ClN3OS. The Hall–Kier alpha value is -2.89. The molecule has 3 aromatic rings. The van der Waals surface area contributed by atoms with Gasteiger partial charge in [0.1, 0.15) is 12.4 Å². The summed E-state index contributed by atoms with van der Waals surface area (Å²) in [5, 5.41) is 8.47. The average Bonchev–Trinajstić information content (AvgIpc) is 2.73. The minimum Gasteiger partial charge on any atom is -0.489 e. The van der Waals surface area contributed by atoms with Gasteiger partial charge >= 0.3 is 0 Å². The molecule has 4 nitrogen and oxygen atoms in total. The molecule has 0 unspecified atom stereocenters. The van der Waals surface area contributed by atoms with Gasteiger partial charge in [-0.15, -0.1) is 0 Å². The van der Waals surface area contributed by atoms with E-state index in [0.717, 1.165) is 22.4 Å². The predicted molar refractivity (Wildman–Crippen MR) is 119 cm³/mol. The minimum absolute atomic E-state index is 0.468. The van der Waals surface area contributed by atoms with E-state index >= 15 is 0 Å². The molecule has 3 aromatic carbocycles. The number of nitrogens with one attached hydrogen (secondary N) is 2. The third kappa shape index (κ3) is 6.68. The maximum absolute atomic E-state index is 5.90. The largest absolute Gasteiger partial charge is 0.489 e. The zero-order valence-electron chi connectivity index (χ0n) is 15.1. The molecule has 0 amide bonds. The molecule has 3 rings (SSSR count). The smallest absolute Gasteiger partial charge is 0.187 e. The summed E-state index contributed by atoms with van der Waals surface area (Å²) in [4.78, 5) is 0. The lowest BCUT2D eigenvalue weighted by atomic mass is 10.2. The van der Waals surface area contributed by atoms with Crippen LogP contribution in [0.5, 0.6) is 5.75 Å². The maximum Gasteiger partial charge on any atom is 0.187 e. The summed E-state index contributed by atoms with van der Waals surface area (Å²) in [6.07, 6.45) is 1.70.